The number of hydrogen-bond donors (Lipinski definition) is 0. The Labute approximate surface area is 136 Å². The number of aryl methyl sites for hydroxylation is 2. The van der Waals surface area contributed by atoms with Gasteiger partial charge in [-0.15, -0.1) is 0 Å². The molecular formula is C19H23NO3. The number of ketones is 1. The predicted molar refractivity (Wildman–Crippen MR) is 92.7 cm³/mol. The number of Topliss-reactive ketones (excluding diaryl/α,β-unsaturated/α-hetero) is 1. The third-order valence-electron chi connectivity index (χ3n) is 4.60. The van der Waals surface area contributed by atoms with Crippen LogP contribution in [-0.4, -0.2) is 18.9 Å². The normalized spacial score (nSPS) is 15.7. The van der Waals surface area contributed by atoms with Gasteiger partial charge in [0.2, 0.25) is 0 Å². The molecule has 0 saturated heterocycles. The summed E-state index contributed by atoms with van der Waals surface area (Å²) in [5.74, 6) is -0.237. The maximum Gasteiger partial charge on any atom is 0.347 e. The first-order valence-corrected chi connectivity index (χ1v) is 8.53. The van der Waals surface area contributed by atoms with Crippen molar-refractivity contribution in [2.24, 2.45) is 0 Å². The fraction of sp³-hybridized carbons (Fsp3) is 0.474. The van der Waals surface area contributed by atoms with E-state index in [1.165, 1.54) is 18.2 Å². The van der Waals surface area contributed by atoms with Crippen molar-refractivity contribution in [3.8, 4) is 0 Å². The number of carbonyl (C=O) groups excluding carboxylic acids is 1. The van der Waals surface area contributed by atoms with E-state index in [0.29, 0.717) is 5.58 Å². The van der Waals surface area contributed by atoms with Gasteiger partial charge in [-0.2, -0.15) is 0 Å². The van der Waals surface area contributed by atoms with Crippen molar-refractivity contribution in [3.05, 3.63) is 39.2 Å². The second-order valence-electron chi connectivity index (χ2n) is 5.98. The Kier molecular flexibility index (Phi) is 4.24. The molecular weight excluding hydrogens is 290 g/mol. The molecule has 0 unspecified atom stereocenters. The number of fused-ring (bicyclic) bond motifs is 2. The molecule has 0 aliphatic carbocycles. The smallest absolute Gasteiger partial charge is 0.347 e. The van der Waals surface area contributed by atoms with Crippen LogP contribution in [0.15, 0.2) is 21.3 Å². The SMILES string of the molecule is CC.CC(=O)c1cc2cc3c4c(c2oc1=O)CCCN4CCC3. The predicted octanol–water partition coefficient (Wildman–Crippen LogP) is 3.72. The van der Waals surface area contributed by atoms with Crippen molar-refractivity contribution in [3.63, 3.8) is 0 Å². The zero-order chi connectivity index (χ0) is 16.6. The van der Waals surface area contributed by atoms with Crippen molar-refractivity contribution in [2.75, 3.05) is 18.0 Å². The summed E-state index contributed by atoms with van der Waals surface area (Å²) in [5, 5.41) is 0.886. The van der Waals surface area contributed by atoms with E-state index in [-0.39, 0.29) is 11.3 Å². The molecule has 1 aromatic carbocycles. The third kappa shape index (κ3) is 2.56. The van der Waals surface area contributed by atoms with Crippen LogP contribution in [-0.2, 0) is 12.8 Å². The van der Waals surface area contributed by atoms with Crippen molar-refractivity contribution in [1.29, 1.82) is 0 Å². The van der Waals surface area contributed by atoms with Crippen LogP contribution in [0.3, 0.4) is 0 Å². The average molecular weight is 313 g/mol. The van der Waals surface area contributed by atoms with Crippen LogP contribution in [0.2, 0.25) is 0 Å². The lowest BCUT2D eigenvalue weighted by Crippen LogP contribution is -2.34. The van der Waals surface area contributed by atoms with Crippen LogP contribution in [0.25, 0.3) is 11.0 Å². The highest BCUT2D eigenvalue weighted by atomic mass is 16.4. The number of benzene rings is 1. The van der Waals surface area contributed by atoms with Crippen molar-refractivity contribution >= 4 is 22.4 Å². The van der Waals surface area contributed by atoms with Crippen LogP contribution in [0.4, 0.5) is 5.69 Å². The summed E-state index contributed by atoms with van der Waals surface area (Å²) in [6.45, 7) is 7.57. The Bertz CT molecular complexity index is 817. The molecule has 3 heterocycles. The topological polar surface area (TPSA) is 50.5 Å². The van der Waals surface area contributed by atoms with Crippen LogP contribution >= 0.6 is 0 Å². The molecule has 23 heavy (non-hydrogen) atoms. The van der Waals surface area contributed by atoms with Gasteiger partial charge in [-0.05, 0) is 50.3 Å². The molecule has 0 N–H and O–H groups in total. The lowest BCUT2D eigenvalue weighted by atomic mass is 9.90. The quantitative estimate of drug-likeness (QED) is 0.595. The van der Waals surface area contributed by atoms with Gasteiger partial charge in [-0.1, -0.05) is 13.8 Å². The van der Waals surface area contributed by atoms with Gasteiger partial charge in [-0.25, -0.2) is 4.79 Å². The minimum Gasteiger partial charge on any atom is -0.422 e. The number of rotatable bonds is 1. The largest absolute Gasteiger partial charge is 0.422 e. The van der Waals surface area contributed by atoms with Crippen LogP contribution < -0.4 is 10.5 Å². The first kappa shape index (κ1) is 15.8. The van der Waals surface area contributed by atoms with Crippen LogP contribution in [0.1, 0.15) is 55.1 Å². The standard InChI is InChI=1S/C17H17NO3.C2H6/c1-10(19)14-9-12-8-11-4-2-6-18-7-3-5-13(15(11)18)16(12)21-17(14)20;1-2/h8-9H,2-7H2,1H3;1-2H3. The molecule has 4 heteroatoms. The fourth-order valence-electron chi connectivity index (χ4n) is 3.69. The number of nitrogens with zero attached hydrogens (tertiary/aromatic N) is 1. The average Bonchev–Trinajstić information content (AvgIpc) is 2.57. The molecule has 0 fully saturated rings. The molecule has 2 aliphatic heterocycles. The number of hydrogen-bond acceptors (Lipinski definition) is 4. The van der Waals surface area contributed by atoms with Gasteiger partial charge in [0.1, 0.15) is 11.1 Å². The summed E-state index contributed by atoms with van der Waals surface area (Å²) in [6, 6.07) is 3.80. The summed E-state index contributed by atoms with van der Waals surface area (Å²) >= 11 is 0. The van der Waals surface area contributed by atoms with E-state index in [0.717, 1.165) is 49.7 Å². The zero-order valence-electron chi connectivity index (χ0n) is 14.1. The Hall–Kier alpha value is -2.10. The second-order valence-corrected chi connectivity index (χ2v) is 5.98. The second kappa shape index (κ2) is 6.19. The van der Waals surface area contributed by atoms with Gasteiger partial charge in [0.15, 0.2) is 5.78 Å². The first-order valence-electron chi connectivity index (χ1n) is 8.53. The van der Waals surface area contributed by atoms with Gasteiger partial charge in [0.25, 0.3) is 0 Å². The van der Waals surface area contributed by atoms with Crippen molar-refractivity contribution < 1.29 is 9.21 Å². The Balaban J connectivity index is 0.000000753. The lowest BCUT2D eigenvalue weighted by Gasteiger charge is -2.37. The molecule has 0 bridgehead atoms. The summed E-state index contributed by atoms with van der Waals surface area (Å²) in [5.41, 5.74) is 4.07. The molecule has 0 amide bonds. The van der Waals surface area contributed by atoms with E-state index in [4.69, 9.17) is 4.42 Å². The summed E-state index contributed by atoms with van der Waals surface area (Å²) in [4.78, 5) is 26.0. The Morgan fingerprint density at radius 3 is 2.52 bits per heavy atom. The first-order chi connectivity index (χ1) is 11.1. The summed E-state index contributed by atoms with van der Waals surface area (Å²) in [7, 11) is 0. The van der Waals surface area contributed by atoms with Gasteiger partial charge in [0, 0.05) is 29.7 Å². The van der Waals surface area contributed by atoms with E-state index >= 15 is 0 Å². The highest BCUT2D eigenvalue weighted by Crippen LogP contribution is 2.39. The molecule has 122 valence electrons. The van der Waals surface area contributed by atoms with Crippen molar-refractivity contribution in [1.82, 2.24) is 0 Å². The lowest BCUT2D eigenvalue weighted by molar-refractivity contribution is 0.101. The third-order valence-corrected chi connectivity index (χ3v) is 4.60. The number of carbonyl (C=O) groups is 1. The van der Waals surface area contributed by atoms with Crippen LogP contribution in [0, 0.1) is 0 Å². The maximum atomic E-state index is 12.0. The number of anilines is 1. The molecule has 0 atom stereocenters. The van der Waals surface area contributed by atoms with Gasteiger partial charge in [0.05, 0.1) is 0 Å². The van der Waals surface area contributed by atoms with Gasteiger partial charge < -0.3 is 9.32 Å². The minimum absolute atomic E-state index is 0.151. The Morgan fingerprint density at radius 2 is 1.83 bits per heavy atom. The zero-order valence-corrected chi connectivity index (χ0v) is 14.1. The Morgan fingerprint density at radius 1 is 1.13 bits per heavy atom. The van der Waals surface area contributed by atoms with E-state index in [1.807, 2.05) is 13.8 Å². The summed E-state index contributed by atoms with van der Waals surface area (Å²) in [6.07, 6.45) is 4.25. The molecule has 2 aliphatic rings. The maximum absolute atomic E-state index is 12.0. The highest BCUT2D eigenvalue weighted by molar-refractivity contribution is 5.98. The van der Waals surface area contributed by atoms with Gasteiger partial charge >= 0.3 is 5.63 Å². The van der Waals surface area contributed by atoms with E-state index in [1.54, 1.807) is 6.07 Å². The molecule has 4 rings (SSSR count). The van der Waals surface area contributed by atoms with Crippen molar-refractivity contribution in [2.45, 2.75) is 46.5 Å². The molecule has 0 spiro atoms. The van der Waals surface area contributed by atoms with E-state index < -0.39 is 5.63 Å². The molecule has 4 nitrogen and oxygen atoms in total. The minimum atomic E-state index is -0.515. The highest BCUT2D eigenvalue weighted by Gasteiger charge is 2.27. The molecule has 1 aromatic heterocycles. The van der Waals surface area contributed by atoms with E-state index in [2.05, 4.69) is 11.0 Å². The molecule has 2 aromatic rings. The van der Waals surface area contributed by atoms with Gasteiger partial charge in [-0.3, -0.25) is 4.79 Å². The molecule has 0 saturated carbocycles. The monoisotopic (exact) mass is 313 g/mol. The summed E-state index contributed by atoms with van der Waals surface area (Å²) < 4.78 is 5.52. The fourth-order valence-corrected chi connectivity index (χ4v) is 3.69. The van der Waals surface area contributed by atoms with Crippen LogP contribution in [0.5, 0.6) is 0 Å². The molecule has 0 radical (unpaired) electrons. The van der Waals surface area contributed by atoms with E-state index in [9.17, 15) is 9.59 Å².